The summed E-state index contributed by atoms with van der Waals surface area (Å²) in [6.45, 7) is 1.80. The molecule has 0 heterocycles. The van der Waals surface area contributed by atoms with Gasteiger partial charge in [0.25, 0.3) is 5.91 Å². The van der Waals surface area contributed by atoms with E-state index in [0.717, 1.165) is 0 Å². The quantitative estimate of drug-likeness (QED) is 0.602. The van der Waals surface area contributed by atoms with Gasteiger partial charge in [0.15, 0.2) is 0 Å². The molecule has 1 aromatic carbocycles. The van der Waals surface area contributed by atoms with Gasteiger partial charge in [-0.05, 0) is 30.7 Å². The van der Waals surface area contributed by atoms with Crippen LogP contribution in [0.1, 0.15) is 23.7 Å². The summed E-state index contributed by atoms with van der Waals surface area (Å²) in [7, 11) is 1.29. The number of carbonyl (C=O) groups excluding carboxylic acids is 2. The van der Waals surface area contributed by atoms with Crippen molar-refractivity contribution in [3.63, 3.8) is 0 Å². The molecule has 3 N–H and O–H groups in total. The summed E-state index contributed by atoms with van der Waals surface area (Å²) in [4.78, 5) is 23.1. The lowest BCUT2D eigenvalue weighted by Gasteiger charge is -2.14. The molecule has 92 valence electrons. The lowest BCUT2D eigenvalue weighted by atomic mass is 10.1. The Morgan fingerprint density at radius 3 is 2.41 bits per heavy atom. The Hall–Kier alpha value is -2.04. The van der Waals surface area contributed by atoms with Crippen molar-refractivity contribution in [3.05, 3.63) is 29.8 Å². The van der Waals surface area contributed by atoms with E-state index in [9.17, 15) is 9.59 Å². The smallest absolute Gasteiger partial charge is 0.328 e. The summed E-state index contributed by atoms with van der Waals surface area (Å²) in [6.07, 6.45) is 0.480. The van der Waals surface area contributed by atoms with Gasteiger partial charge >= 0.3 is 5.97 Å². The van der Waals surface area contributed by atoms with Crippen LogP contribution in [0.15, 0.2) is 24.3 Å². The van der Waals surface area contributed by atoms with Gasteiger partial charge in [-0.25, -0.2) is 4.79 Å². The van der Waals surface area contributed by atoms with Crippen LogP contribution in [-0.4, -0.2) is 25.0 Å². The van der Waals surface area contributed by atoms with Crippen molar-refractivity contribution >= 4 is 17.6 Å². The average Bonchev–Trinajstić information content (AvgIpc) is 2.35. The Morgan fingerprint density at radius 2 is 1.94 bits per heavy atom. The third kappa shape index (κ3) is 3.48. The SMILES string of the molecule is CCC(NC(=O)c1ccc(N)cc1)C(=O)OC. The highest BCUT2D eigenvalue weighted by Crippen LogP contribution is 2.06. The van der Waals surface area contributed by atoms with E-state index >= 15 is 0 Å². The third-order valence-electron chi connectivity index (χ3n) is 2.37. The van der Waals surface area contributed by atoms with Crippen molar-refractivity contribution in [2.75, 3.05) is 12.8 Å². The standard InChI is InChI=1S/C12H16N2O3/c1-3-10(12(16)17-2)14-11(15)8-4-6-9(13)7-5-8/h4-7,10H,3,13H2,1-2H3,(H,14,15). The highest BCUT2D eigenvalue weighted by molar-refractivity contribution is 5.96. The molecule has 5 nitrogen and oxygen atoms in total. The third-order valence-corrected chi connectivity index (χ3v) is 2.37. The van der Waals surface area contributed by atoms with E-state index in [2.05, 4.69) is 10.1 Å². The number of methoxy groups -OCH3 is 1. The fourth-order valence-electron chi connectivity index (χ4n) is 1.35. The summed E-state index contributed by atoms with van der Waals surface area (Å²) in [5, 5.41) is 2.60. The van der Waals surface area contributed by atoms with Gasteiger partial charge in [-0.1, -0.05) is 6.92 Å². The van der Waals surface area contributed by atoms with E-state index in [0.29, 0.717) is 17.7 Å². The molecule has 1 aromatic rings. The second-order valence-electron chi connectivity index (χ2n) is 3.58. The minimum atomic E-state index is -0.620. The molecule has 0 aromatic heterocycles. The fourth-order valence-corrected chi connectivity index (χ4v) is 1.35. The maximum atomic E-state index is 11.8. The molecule has 0 fully saturated rings. The maximum absolute atomic E-state index is 11.8. The minimum absolute atomic E-state index is 0.317. The van der Waals surface area contributed by atoms with Crippen LogP contribution in [0.25, 0.3) is 0 Å². The first-order valence-electron chi connectivity index (χ1n) is 5.32. The summed E-state index contributed by atoms with van der Waals surface area (Å²) < 4.78 is 4.59. The lowest BCUT2D eigenvalue weighted by molar-refractivity contribution is -0.142. The van der Waals surface area contributed by atoms with E-state index in [-0.39, 0.29) is 5.91 Å². The van der Waals surface area contributed by atoms with Crippen molar-refractivity contribution in [2.45, 2.75) is 19.4 Å². The first-order valence-corrected chi connectivity index (χ1v) is 5.32. The molecule has 1 atom stereocenters. The molecule has 0 bridgehead atoms. The number of benzene rings is 1. The van der Waals surface area contributed by atoms with Crippen LogP contribution in [-0.2, 0) is 9.53 Å². The first kappa shape index (κ1) is 13.0. The van der Waals surface area contributed by atoms with Gasteiger partial charge in [0.05, 0.1) is 7.11 Å². The van der Waals surface area contributed by atoms with Gasteiger partial charge in [-0.3, -0.25) is 4.79 Å². The molecular weight excluding hydrogens is 220 g/mol. The number of anilines is 1. The second-order valence-corrected chi connectivity index (χ2v) is 3.58. The number of carbonyl (C=O) groups is 2. The Labute approximate surface area is 99.9 Å². The predicted molar refractivity (Wildman–Crippen MR) is 64.4 cm³/mol. The molecule has 1 rings (SSSR count). The summed E-state index contributed by atoms with van der Waals surface area (Å²) in [5.41, 5.74) is 6.56. The molecule has 0 saturated carbocycles. The van der Waals surface area contributed by atoms with Crippen LogP contribution >= 0.6 is 0 Å². The second kappa shape index (κ2) is 5.89. The Balaban J connectivity index is 2.71. The Kier molecular flexibility index (Phi) is 4.51. The molecule has 0 aliphatic rings. The molecule has 1 unspecified atom stereocenters. The lowest BCUT2D eigenvalue weighted by Crippen LogP contribution is -2.41. The van der Waals surface area contributed by atoms with E-state index < -0.39 is 12.0 Å². The largest absolute Gasteiger partial charge is 0.467 e. The topological polar surface area (TPSA) is 81.4 Å². The molecule has 0 radical (unpaired) electrons. The van der Waals surface area contributed by atoms with Crippen molar-refractivity contribution < 1.29 is 14.3 Å². The first-order chi connectivity index (χ1) is 8.08. The molecule has 5 heteroatoms. The number of ether oxygens (including phenoxy) is 1. The van der Waals surface area contributed by atoms with Gasteiger partial charge < -0.3 is 15.8 Å². The number of hydrogen-bond donors (Lipinski definition) is 2. The van der Waals surface area contributed by atoms with Crippen LogP contribution in [0, 0.1) is 0 Å². The molecule has 0 aliphatic heterocycles. The number of hydrogen-bond acceptors (Lipinski definition) is 4. The van der Waals surface area contributed by atoms with Crippen molar-refractivity contribution in [1.82, 2.24) is 5.32 Å². The number of rotatable bonds is 4. The normalized spacial score (nSPS) is 11.6. The Morgan fingerprint density at radius 1 is 1.35 bits per heavy atom. The molecule has 0 saturated heterocycles. The van der Waals surface area contributed by atoms with Crippen LogP contribution in [0.5, 0.6) is 0 Å². The van der Waals surface area contributed by atoms with E-state index in [1.54, 1.807) is 31.2 Å². The molecule has 1 amide bonds. The van der Waals surface area contributed by atoms with Gasteiger partial charge in [-0.2, -0.15) is 0 Å². The van der Waals surface area contributed by atoms with Crippen LogP contribution in [0.3, 0.4) is 0 Å². The average molecular weight is 236 g/mol. The fraction of sp³-hybridized carbons (Fsp3) is 0.333. The Bertz CT molecular complexity index is 401. The minimum Gasteiger partial charge on any atom is -0.467 e. The van der Waals surface area contributed by atoms with Gasteiger partial charge in [0, 0.05) is 11.3 Å². The van der Waals surface area contributed by atoms with Crippen LogP contribution in [0.4, 0.5) is 5.69 Å². The van der Waals surface area contributed by atoms with Crippen LogP contribution < -0.4 is 11.1 Å². The van der Waals surface area contributed by atoms with Crippen molar-refractivity contribution in [1.29, 1.82) is 0 Å². The zero-order chi connectivity index (χ0) is 12.8. The summed E-state index contributed by atoms with van der Waals surface area (Å²) in [6, 6.07) is 5.86. The van der Waals surface area contributed by atoms with E-state index in [1.165, 1.54) is 7.11 Å². The molecule has 0 aliphatic carbocycles. The highest BCUT2D eigenvalue weighted by atomic mass is 16.5. The van der Waals surface area contributed by atoms with E-state index in [1.807, 2.05) is 0 Å². The monoisotopic (exact) mass is 236 g/mol. The van der Waals surface area contributed by atoms with E-state index in [4.69, 9.17) is 5.73 Å². The maximum Gasteiger partial charge on any atom is 0.328 e. The zero-order valence-electron chi connectivity index (χ0n) is 9.90. The molecule has 17 heavy (non-hydrogen) atoms. The summed E-state index contributed by atoms with van der Waals surface area (Å²) >= 11 is 0. The van der Waals surface area contributed by atoms with Crippen molar-refractivity contribution in [2.24, 2.45) is 0 Å². The summed E-state index contributed by atoms with van der Waals surface area (Å²) in [5.74, 6) is -0.765. The predicted octanol–water partition coefficient (Wildman–Crippen LogP) is 0.950. The van der Waals surface area contributed by atoms with Crippen molar-refractivity contribution in [3.8, 4) is 0 Å². The highest BCUT2D eigenvalue weighted by Gasteiger charge is 2.19. The number of amides is 1. The number of nitrogen functional groups attached to an aromatic ring is 1. The number of esters is 1. The van der Waals surface area contributed by atoms with Crippen LogP contribution in [0.2, 0.25) is 0 Å². The number of nitrogens with one attached hydrogen (secondary N) is 1. The van der Waals surface area contributed by atoms with Gasteiger partial charge in [0.1, 0.15) is 6.04 Å². The van der Waals surface area contributed by atoms with Gasteiger partial charge in [0.2, 0.25) is 0 Å². The molecule has 0 spiro atoms. The van der Waals surface area contributed by atoms with Gasteiger partial charge in [-0.15, -0.1) is 0 Å². The zero-order valence-corrected chi connectivity index (χ0v) is 9.90. The number of nitrogens with two attached hydrogens (primary N) is 1. The molecular formula is C12H16N2O3.